The third-order valence-corrected chi connectivity index (χ3v) is 3.84. The van der Waals surface area contributed by atoms with Crippen LogP contribution in [0.3, 0.4) is 0 Å². The first-order chi connectivity index (χ1) is 12.0. The van der Waals surface area contributed by atoms with Crippen LogP contribution < -0.4 is 5.56 Å². The smallest absolute Gasteiger partial charge is 0.270 e. The van der Waals surface area contributed by atoms with E-state index < -0.39 is 0 Å². The van der Waals surface area contributed by atoms with Crippen molar-refractivity contribution < 1.29 is 9.18 Å². The molecular weight excluding hydrogens is 321 g/mol. The molecule has 0 N–H and O–H groups in total. The van der Waals surface area contributed by atoms with E-state index in [2.05, 4.69) is 10.1 Å². The Kier molecular flexibility index (Phi) is 4.79. The molecule has 0 fully saturated rings. The maximum atomic E-state index is 13.2. The number of pyridine rings is 1. The molecule has 0 amide bonds. The van der Waals surface area contributed by atoms with Crippen LogP contribution >= 0.6 is 0 Å². The van der Waals surface area contributed by atoms with Crippen molar-refractivity contribution in [3.8, 4) is 0 Å². The highest BCUT2D eigenvalue weighted by Gasteiger charge is 2.12. The summed E-state index contributed by atoms with van der Waals surface area (Å²) in [6, 6.07) is 11.3. The van der Waals surface area contributed by atoms with Gasteiger partial charge in [0.25, 0.3) is 5.56 Å². The molecule has 2 heterocycles. The highest BCUT2D eigenvalue weighted by molar-refractivity contribution is 5.95. The Hall–Kier alpha value is -3.15. The van der Waals surface area contributed by atoms with Crippen molar-refractivity contribution in [2.24, 2.45) is 7.05 Å². The molecule has 0 saturated heterocycles. The molecule has 0 radical (unpaired) electrons. The van der Waals surface area contributed by atoms with E-state index in [4.69, 9.17) is 0 Å². The van der Waals surface area contributed by atoms with Crippen molar-refractivity contribution in [2.75, 3.05) is 0 Å². The molecule has 0 spiro atoms. The number of Topliss-reactive ketones (excluding diaryl/α,β-unsaturated/α-hetero) is 1. The maximum absolute atomic E-state index is 13.2. The van der Waals surface area contributed by atoms with E-state index in [0.717, 1.165) is 11.1 Å². The van der Waals surface area contributed by atoms with Crippen molar-refractivity contribution >= 4 is 5.78 Å². The van der Waals surface area contributed by atoms with Crippen molar-refractivity contribution in [3.05, 3.63) is 93.4 Å². The molecule has 5 nitrogen and oxygen atoms in total. The zero-order chi connectivity index (χ0) is 17.8. The van der Waals surface area contributed by atoms with Crippen LogP contribution in [0.1, 0.15) is 27.2 Å². The Morgan fingerprint density at radius 1 is 1.16 bits per heavy atom. The summed E-state index contributed by atoms with van der Waals surface area (Å²) in [6.07, 6.45) is 3.60. The van der Waals surface area contributed by atoms with Gasteiger partial charge in [-0.15, -0.1) is 0 Å². The molecule has 6 heteroatoms. The van der Waals surface area contributed by atoms with E-state index in [1.54, 1.807) is 30.5 Å². The number of hydrogen-bond donors (Lipinski definition) is 0. The summed E-state index contributed by atoms with van der Waals surface area (Å²) in [5.41, 5.74) is 2.09. The van der Waals surface area contributed by atoms with Crippen molar-refractivity contribution in [2.45, 2.75) is 12.8 Å². The second kappa shape index (κ2) is 7.17. The second-order valence-electron chi connectivity index (χ2n) is 5.74. The minimum Gasteiger partial charge on any atom is -0.292 e. The lowest BCUT2D eigenvalue weighted by atomic mass is 10.0. The second-order valence-corrected chi connectivity index (χ2v) is 5.74. The first kappa shape index (κ1) is 16.7. The Labute approximate surface area is 143 Å². The van der Waals surface area contributed by atoms with Crippen molar-refractivity contribution in [1.29, 1.82) is 0 Å². The first-order valence-electron chi connectivity index (χ1n) is 7.77. The van der Waals surface area contributed by atoms with Gasteiger partial charge >= 0.3 is 0 Å². The third-order valence-electron chi connectivity index (χ3n) is 3.84. The molecule has 3 rings (SSSR count). The summed E-state index contributed by atoms with van der Waals surface area (Å²) in [7, 11) is 1.54. The van der Waals surface area contributed by atoms with Crippen LogP contribution in [-0.4, -0.2) is 20.5 Å². The fourth-order valence-electron chi connectivity index (χ4n) is 2.53. The largest absolute Gasteiger partial charge is 0.292 e. The lowest BCUT2D eigenvalue weighted by Gasteiger charge is -2.05. The van der Waals surface area contributed by atoms with Gasteiger partial charge in [-0.3, -0.25) is 14.6 Å². The van der Waals surface area contributed by atoms with Gasteiger partial charge in [-0.05, 0) is 41.8 Å². The number of aryl methyl sites for hydroxylation is 1. The summed E-state index contributed by atoms with van der Waals surface area (Å²) in [5, 5.41) is 3.83. The van der Waals surface area contributed by atoms with Gasteiger partial charge in [0, 0.05) is 31.4 Å². The summed E-state index contributed by atoms with van der Waals surface area (Å²) >= 11 is 0. The predicted molar refractivity (Wildman–Crippen MR) is 91.0 cm³/mol. The number of nitrogens with zero attached hydrogens (tertiary/aromatic N) is 3. The molecule has 0 aliphatic heterocycles. The topological polar surface area (TPSA) is 64.8 Å². The van der Waals surface area contributed by atoms with Gasteiger partial charge < -0.3 is 0 Å². The number of aromatic nitrogens is 3. The zero-order valence-corrected chi connectivity index (χ0v) is 13.6. The highest BCUT2D eigenvalue weighted by Crippen LogP contribution is 2.11. The van der Waals surface area contributed by atoms with Crippen LogP contribution in [0.25, 0.3) is 0 Å². The average Bonchev–Trinajstić information content (AvgIpc) is 2.59. The van der Waals surface area contributed by atoms with Crippen LogP contribution in [-0.2, 0) is 19.9 Å². The molecule has 25 heavy (non-hydrogen) atoms. The number of halogens is 1. The summed E-state index contributed by atoms with van der Waals surface area (Å²) in [5.74, 6) is -0.517. The van der Waals surface area contributed by atoms with Gasteiger partial charge in [-0.1, -0.05) is 18.2 Å². The summed E-state index contributed by atoms with van der Waals surface area (Å²) < 4.78 is 14.4. The maximum Gasteiger partial charge on any atom is 0.270 e. The lowest BCUT2D eigenvalue weighted by molar-refractivity contribution is 0.0987. The van der Waals surface area contributed by atoms with E-state index in [9.17, 15) is 14.0 Å². The third kappa shape index (κ3) is 4.03. The Balaban J connectivity index is 1.72. The fraction of sp³-hybridized carbons (Fsp3) is 0.158. The Morgan fingerprint density at radius 2 is 2.00 bits per heavy atom. The van der Waals surface area contributed by atoms with Crippen LogP contribution in [0.5, 0.6) is 0 Å². The fourth-order valence-corrected chi connectivity index (χ4v) is 2.53. The van der Waals surface area contributed by atoms with Gasteiger partial charge in [0.1, 0.15) is 11.5 Å². The Morgan fingerprint density at radius 3 is 2.72 bits per heavy atom. The SMILES string of the molecule is Cn1nccc(CC(=O)c2ccc(Cc3cccc(F)c3)cn2)c1=O. The standard InChI is InChI=1S/C19H16FN3O2/c1-23-19(25)15(7-8-22-23)11-18(24)17-6-5-14(12-21-17)9-13-3-2-4-16(20)10-13/h2-8,10,12H,9,11H2,1H3. The molecular formula is C19H16FN3O2. The molecule has 1 aromatic carbocycles. The number of rotatable bonds is 5. The molecule has 0 unspecified atom stereocenters. The molecule has 0 aliphatic rings. The minimum absolute atomic E-state index is 0.0224. The van der Waals surface area contributed by atoms with Crippen LogP contribution in [0, 0.1) is 5.82 Å². The quantitative estimate of drug-likeness (QED) is 0.670. The normalized spacial score (nSPS) is 10.6. The molecule has 3 aromatic rings. The Bertz CT molecular complexity index is 965. The van der Waals surface area contributed by atoms with E-state index in [1.807, 2.05) is 6.07 Å². The van der Waals surface area contributed by atoms with Gasteiger partial charge in [-0.2, -0.15) is 5.10 Å². The van der Waals surface area contributed by atoms with Gasteiger partial charge in [0.2, 0.25) is 0 Å². The van der Waals surface area contributed by atoms with E-state index in [0.29, 0.717) is 17.7 Å². The molecule has 0 atom stereocenters. The molecule has 0 saturated carbocycles. The van der Waals surface area contributed by atoms with Crippen molar-refractivity contribution in [1.82, 2.24) is 14.8 Å². The highest BCUT2D eigenvalue weighted by atomic mass is 19.1. The molecule has 0 bridgehead atoms. The van der Waals surface area contributed by atoms with E-state index in [1.165, 1.54) is 30.1 Å². The van der Waals surface area contributed by atoms with Gasteiger partial charge in [-0.25, -0.2) is 9.07 Å². The van der Waals surface area contributed by atoms with Gasteiger partial charge in [0.15, 0.2) is 5.78 Å². The van der Waals surface area contributed by atoms with Crippen LogP contribution in [0.4, 0.5) is 4.39 Å². The number of benzene rings is 1. The number of hydrogen-bond acceptors (Lipinski definition) is 4. The number of carbonyl (C=O) groups is 1. The monoisotopic (exact) mass is 337 g/mol. The molecule has 126 valence electrons. The number of ketones is 1. The molecule has 0 aliphatic carbocycles. The summed E-state index contributed by atoms with van der Waals surface area (Å²) in [4.78, 5) is 28.4. The predicted octanol–water partition coefficient (Wildman–Crippen LogP) is 2.33. The molecule has 2 aromatic heterocycles. The van der Waals surface area contributed by atoms with Gasteiger partial charge in [0.05, 0.1) is 0 Å². The minimum atomic E-state index is -0.293. The van der Waals surface area contributed by atoms with Crippen LogP contribution in [0.15, 0.2) is 59.7 Å². The lowest BCUT2D eigenvalue weighted by Crippen LogP contribution is -2.24. The average molecular weight is 337 g/mol. The first-order valence-corrected chi connectivity index (χ1v) is 7.77. The van der Waals surface area contributed by atoms with Crippen molar-refractivity contribution in [3.63, 3.8) is 0 Å². The van der Waals surface area contributed by atoms with E-state index in [-0.39, 0.29) is 23.6 Å². The zero-order valence-electron chi connectivity index (χ0n) is 13.6. The summed E-state index contributed by atoms with van der Waals surface area (Å²) in [6.45, 7) is 0. The number of carbonyl (C=O) groups excluding carboxylic acids is 1. The van der Waals surface area contributed by atoms with E-state index >= 15 is 0 Å². The van der Waals surface area contributed by atoms with Crippen LogP contribution in [0.2, 0.25) is 0 Å².